The van der Waals surface area contributed by atoms with E-state index in [0.29, 0.717) is 23.1 Å². The minimum Gasteiger partial charge on any atom is -0.508 e. The van der Waals surface area contributed by atoms with Crippen molar-refractivity contribution < 1.29 is 33.8 Å². The number of amides is 4. The van der Waals surface area contributed by atoms with Gasteiger partial charge in [-0.15, -0.1) is 0 Å². The van der Waals surface area contributed by atoms with Crippen LogP contribution in [0.25, 0.3) is 10.8 Å². The second-order valence-electron chi connectivity index (χ2n) is 13.5. The van der Waals surface area contributed by atoms with Gasteiger partial charge in [0.2, 0.25) is 11.8 Å². The zero-order valence-corrected chi connectivity index (χ0v) is 27.8. The lowest BCUT2D eigenvalue weighted by atomic mass is 9.98. The molecule has 4 rings (SSSR count). The van der Waals surface area contributed by atoms with E-state index in [-0.39, 0.29) is 31.1 Å². The summed E-state index contributed by atoms with van der Waals surface area (Å²) in [7, 11) is 1.48. The molecule has 250 valence electrons. The summed E-state index contributed by atoms with van der Waals surface area (Å²) in [5.41, 5.74) is 6.19. The van der Waals surface area contributed by atoms with Crippen LogP contribution >= 0.6 is 0 Å². The van der Waals surface area contributed by atoms with E-state index in [1.165, 1.54) is 24.1 Å². The van der Waals surface area contributed by atoms with Crippen LogP contribution in [0.15, 0.2) is 60.7 Å². The number of hydrogen-bond donors (Lipinski definition) is 3. The predicted molar refractivity (Wildman–Crippen MR) is 178 cm³/mol. The monoisotopic (exact) mass is 644 g/mol. The Morgan fingerprint density at radius 2 is 1.49 bits per heavy atom. The van der Waals surface area contributed by atoms with Gasteiger partial charge in [0, 0.05) is 20.0 Å². The third-order valence-electron chi connectivity index (χ3n) is 8.09. The van der Waals surface area contributed by atoms with Crippen molar-refractivity contribution in [3.8, 4) is 5.75 Å². The van der Waals surface area contributed by atoms with Crippen molar-refractivity contribution in [1.29, 1.82) is 0 Å². The SMILES string of the molecule is CC(C)C[C@H](N[C@H](CCN1C(=O)c2cc3ccccc3cc2C1=O)C(=O)OC(C)(C)C)C(=O)N(C)[C@@H](Cc1ccc(O)cc1)C(N)=O. The van der Waals surface area contributed by atoms with E-state index in [4.69, 9.17) is 10.5 Å². The molecule has 0 saturated heterocycles. The summed E-state index contributed by atoms with van der Waals surface area (Å²) in [5.74, 6) is -2.63. The number of aromatic hydroxyl groups is 1. The average Bonchev–Trinajstić information content (AvgIpc) is 3.22. The number of nitrogens with zero attached hydrogens (tertiary/aromatic N) is 2. The van der Waals surface area contributed by atoms with Gasteiger partial charge < -0.3 is 20.5 Å². The summed E-state index contributed by atoms with van der Waals surface area (Å²) in [4.78, 5) is 69.2. The Kier molecular flexibility index (Phi) is 10.7. The van der Waals surface area contributed by atoms with Crippen LogP contribution in [0.1, 0.15) is 73.7 Å². The van der Waals surface area contributed by atoms with Gasteiger partial charge in [-0.1, -0.05) is 50.2 Å². The first-order valence-electron chi connectivity index (χ1n) is 15.8. The van der Waals surface area contributed by atoms with Gasteiger partial charge in [0.25, 0.3) is 11.8 Å². The Balaban J connectivity index is 1.57. The van der Waals surface area contributed by atoms with Crippen molar-refractivity contribution in [2.45, 2.75) is 77.6 Å². The van der Waals surface area contributed by atoms with E-state index in [9.17, 15) is 29.1 Å². The van der Waals surface area contributed by atoms with Crippen LogP contribution in [-0.2, 0) is 25.5 Å². The zero-order valence-electron chi connectivity index (χ0n) is 27.8. The fourth-order valence-electron chi connectivity index (χ4n) is 5.72. The summed E-state index contributed by atoms with van der Waals surface area (Å²) in [6, 6.07) is 14.1. The number of carbonyl (C=O) groups excluding carboxylic acids is 5. The van der Waals surface area contributed by atoms with Gasteiger partial charge in [-0.25, -0.2) is 0 Å². The summed E-state index contributed by atoms with van der Waals surface area (Å²) in [6.45, 7) is 8.93. The first kappa shape index (κ1) is 35.1. The molecule has 0 bridgehead atoms. The maximum Gasteiger partial charge on any atom is 0.323 e. The molecule has 1 aliphatic heterocycles. The molecule has 3 aromatic rings. The molecule has 0 unspecified atom stereocenters. The van der Waals surface area contributed by atoms with Gasteiger partial charge in [0.05, 0.1) is 17.2 Å². The minimum atomic E-state index is -1.07. The van der Waals surface area contributed by atoms with Crippen LogP contribution in [0.2, 0.25) is 0 Å². The van der Waals surface area contributed by atoms with Crippen molar-refractivity contribution in [2.24, 2.45) is 11.7 Å². The third-order valence-corrected chi connectivity index (χ3v) is 8.09. The molecular formula is C36H44N4O7. The predicted octanol–water partition coefficient (Wildman–Crippen LogP) is 3.80. The molecule has 0 aliphatic carbocycles. The molecule has 4 amide bonds. The largest absolute Gasteiger partial charge is 0.508 e. The lowest BCUT2D eigenvalue weighted by Gasteiger charge is -2.33. The molecule has 0 fully saturated rings. The Hall–Kier alpha value is -4.77. The van der Waals surface area contributed by atoms with E-state index in [2.05, 4.69) is 5.32 Å². The van der Waals surface area contributed by atoms with Crippen LogP contribution in [0.5, 0.6) is 5.75 Å². The van der Waals surface area contributed by atoms with Crippen LogP contribution in [0.4, 0.5) is 0 Å². The van der Waals surface area contributed by atoms with E-state index in [0.717, 1.165) is 15.7 Å². The van der Waals surface area contributed by atoms with Crippen LogP contribution in [0, 0.1) is 5.92 Å². The van der Waals surface area contributed by atoms with E-state index < -0.39 is 53.3 Å². The quantitative estimate of drug-likeness (QED) is 0.187. The molecule has 3 aromatic carbocycles. The van der Waals surface area contributed by atoms with Gasteiger partial charge in [0.15, 0.2) is 0 Å². The number of ether oxygens (including phenoxy) is 1. The number of carbonyl (C=O) groups is 5. The maximum absolute atomic E-state index is 14.0. The summed E-state index contributed by atoms with van der Waals surface area (Å²) in [5, 5.41) is 14.5. The van der Waals surface area contributed by atoms with Crippen molar-refractivity contribution in [1.82, 2.24) is 15.1 Å². The number of likely N-dealkylation sites (N-methyl/N-ethyl adjacent to an activating group) is 1. The number of phenolic OH excluding ortho intramolecular Hbond substituents is 1. The highest BCUT2D eigenvalue weighted by atomic mass is 16.6. The van der Waals surface area contributed by atoms with Gasteiger partial charge in [-0.2, -0.15) is 0 Å². The molecule has 47 heavy (non-hydrogen) atoms. The standard InChI is InChI=1S/C36H44N4O7/c1-21(2)17-29(34(45)39(6)30(31(37)42)18-22-11-13-25(41)14-12-22)38-28(35(46)47-36(3,4)5)15-16-40-32(43)26-19-23-9-7-8-10-24(23)20-27(26)33(40)44/h7-14,19-21,28-30,38,41H,15-18H2,1-6H3,(H2,37,42)/t28-,29+,30+/m1/s1. The van der Waals surface area contributed by atoms with E-state index in [1.807, 2.05) is 38.1 Å². The maximum atomic E-state index is 14.0. The van der Waals surface area contributed by atoms with E-state index in [1.54, 1.807) is 45.0 Å². The third kappa shape index (κ3) is 8.53. The number of fused-ring (bicyclic) bond motifs is 2. The van der Waals surface area contributed by atoms with E-state index >= 15 is 0 Å². The Morgan fingerprint density at radius 1 is 0.936 bits per heavy atom. The lowest BCUT2D eigenvalue weighted by molar-refractivity contribution is -0.158. The molecule has 4 N–H and O–H groups in total. The first-order valence-corrected chi connectivity index (χ1v) is 15.8. The first-order chi connectivity index (χ1) is 22.1. The number of imide groups is 1. The number of nitrogens with one attached hydrogen (secondary N) is 1. The second-order valence-corrected chi connectivity index (χ2v) is 13.5. The highest BCUT2D eigenvalue weighted by Crippen LogP contribution is 2.28. The molecule has 11 nitrogen and oxygen atoms in total. The van der Waals surface area contributed by atoms with Crippen molar-refractivity contribution >= 4 is 40.4 Å². The Morgan fingerprint density at radius 3 is 1.98 bits per heavy atom. The average molecular weight is 645 g/mol. The molecule has 1 aliphatic rings. The fraction of sp³-hybridized carbons (Fsp3) is 0.417. The molecule has 0 radical (unpaired) electrons. The highest BCUT2D eigenvalue weighted by molar-refractivity contribution is 6.23. The normalized spacial score (nSPS) is 15.0. The topological polar surface area (TPSA) is 159 Å². The van der Waals surface area contributed by atoms with Crippen LogP contribution in [-0.4, -0.2) is 81.8 Å². The molecule has 0 spiro atoms. The number of rotatable bonds is 13. The molecular weight excluding hydrogens is 600 g/mol. The molecule has 0 saturated carbocycles. The summed E-state index contributed by atoms with van der Waals surface area (Å²) in [6.07, 6.45) is 0.418. The van der Waals surface area contributed by atoms with Crippen LogP contribution in [0.3, 0.4) is 0 Å². The van der Waals surface area contributed by atoms with Crippen molar-refractivity contribution in [3.05, 3.63) is 77.4 Å². The summed E-state index contributed by atoms with van der Waals surface area (Å²) >= 11 is 0. The number of benzene rings is 3. The number of esters is 1. The molecule has 1 heterocycles. The Bertz CT molecular complexity index is 1610. The smallest absolute Gasteiger partial charge is 0.323 e. The van der Waals surface area contributed by atoms with Gasteiger partial charge in [0.1, 0.15) is 23.4 Å². The lowest BCUT2D eigenvalue weighted by Crippen LogP contribution is -2.57. The van der Waals surface area contributed by atoms with Gasteiger partial charge in [-0.3, -0.25) is 34.2 Å². The number of nitrogens with two attached hydrogens (primary N) is 1. The fourth-order valence-corrected chi connectivity index (χ4v) is 5.72. The minimum absolute atomic E-state index is 0.0126. The zero-order chi connectivity index (χ0) is 34.6. The van der Waals surface area contributed by atoms with Crippen molar-refractivity contribution in [3.63, 3.8) is 0 Å². The molecule has 0 aromatic heterocycles. The van der Waals surface area contributed by atoms with Crippen molar-refractivity contribution in [2.75, 3.05) is 13.6 Å². The summed E-state index contributed by atoms with van der Waals surface area (Å²) < 4.78 is 5.69. The highest BCUT2D eigenvalue weighted by Gasteiger charge is 2.39. The molecule has 11 heteroatoms. The number of hydrogen-bond acceptors (Lipinski definition) is 8. The number of phenols is 1. The Labute approximate surface area is 275 Å². The number of primary amides is 1. The molecule has 3 atom stereocenters. The second kappa shape index (κ2) is 14.3. The van der Waals surface area contributed by atoms with Crippen LogP contribution < -0.4 is 11.1 Å². The van der Waals surface area contributed by atoms with Gasteiger partial charge >= 0.3 is 5.97 Å². The van der Waals surface area contributed by atoms with Gasteiger partial charge in [-0.05, 0) is 80.1 Å².